The number of benzene rings is 2. The molecule has 2 aromatic carbocycles. The van der Waals surface area contributed by atoms with Gasteiger partial charge in [-0.05, 0) is 31.0 Å². The van der Waals surface area contributed by atoms with Gasteiger partial charge >= 0.3 is 5.97 Å². The van der Waals surface area contributed by atoms with Gasteiger partial charge in [0.15, 0.2) is 6.10 Å². The van der Waals surface area contributed by atoms with Gasteiger partial charge < -0.3 is 10.1 Å². The van der Waals surface area contributed by atoms with Crippen molar-refractivity contribution in [3.8, 4) is 0 Å². The molecule has 0 aliphatic rings. The Morgan fingerprint density at radius 3 is 2.33 bits per heavy atom. The molecule has 0 bridgehead atoms. The fourth-order valence-corrected chi connectivity index (χ4v) is 2.07. The maximum absolute atomic E-state index is 13.1. The van der Waals surface area contributed by atoms with Gasteiger partial charge in [-0.2, -0.15) is 0 Å². The van der Waals surface area contributed by atoms with Crippen molar-refractivity contribution in [1.82, 2.24) is 5.32 Å². The fourth-order valence-electron chi connectivity index (χ4n) is 2.07. The van der Waals surface area contributed by atoms with E-state index in [0.29, 0.717) is 19.0 Å². The van der Waals surface area contributed by atoms with Crippen LogP contribution in [0, 0.1) is 11.6 Å². The lowest BCUT2D eigenvalue weighted by molar-refractivity contribution is -0.129. The lowest BCUT2D eigenvalue weighted by Gasteiger charge is -2.13. The van der Waals surface area contributed by atoms with Crippen LogP contribution in [0.1, 0.15) is 22.8 Å². The van der Waals surface area contributed by atoms with E-state index in [2.05, 4.69) is 5.32 Å². The van der Waals surface area contributed by atoms with Gasteiger partial charge in [0.1, 0.15) is 11.6 Å². The van der Waals surface area contributed by atoms with Crippen LogP contribution in [-0.4, -0.2) is 24.5 Å². The summed E-state index contributed by atoms with van der Waals surface area (Å²) in [7, 11) is 0. The van der Waals surface area contributed by atoms with Crippen LogP contribution in [0.5, 0.6) is 0 Å². The van der Waals surface area contributed by atoms with Crippen molar-refractivity contribution in [2.45, 2.75) is 19.4 Å². The number of hydrogen-bond donors (Lipinski definition) is 1. The van der Waals surface area contributed by atoms with Crippen molar-refractivity contribution in [3.05, 3.63) is 71.3 Å². The first-order valence-corrected chi connectivity index (χ1v) is 7.44. The number of amides is 1. The first-order chi connectivity index (χ1) is 11.5. The summed E-state index contributed by atoms with van der Waals surface area (Å²) in [6, 6.07) is 11.9. The van der Waals surface area contributed by atoms with E-state index in [1.165, 1.54) is 6.92 Å². The molecule has 0 spiro atoms. The predicted molar refractivity (Wildman–Crippen MR) is 84.4 cm³/mol. The maximum Gasteiger partial charge on any atom is 0.339 e. The van der Waals surface area contributed by atoms with Crippen LogP contribution in [-0.2, 0) is 16.0 Å². The molecule has 0 aliphatic carbocycles. The van der Waals surface area contributed by atoms with E-state index in [4.69, 9.17) is 4.74 Å². The zero-order valence-electron chi connectivity index (χ0n) is 13.1. The summed E-state index contributed by atoms with van der Waals surface area (Å²) in [5.41, 5.74) is 0.786. The minimum absolute atomic E-state index is 0.281. The van der Waals surface area contributed by atoms with Gasteiger partial charge in [0.05, 0.1) is 5.56 Å². The van der Waals surface area contributed by atoms with E-state index < -0.39 is 29.6 Å². The summed E-state index contributed by atoms with van der Waals surface area (Å²) in [6.45, 7) is 1.78. The third kappa shape index (κ3) is 5.15. The van der Waals surface area contributed by atoms with Crippen LogP contribution in [0.2, 0.25) is 0 Å². The first-order valence-electron chi connectivity index (χ1n) is 7.44. The van der Waals surface area contributed by atoms with Crippen molar-refractivity contribution in [1.29, 1.82) is 0 Å². The molecule has 0 heterocycles. The van der Waals surface area contributed by atoms with Crippen LogP contribution in [0.25, 0.3) is 0 Å². The van der Waals surface area contributed by atoms with Gasteiger partial charge in [-0.1, -0.05) is 30.3 Å². The van der Waals surface area contributed by atoms with Crippen molar-refractivity contribution in [2.24, 2.45) is 0 Å². The van der Waals surface area contributed by atoms with Gasteiger partial charge in [0.2, 0.25) is 0 Å². The van der Waals surface area contributed by atoms with Crippen molar-refractivity contribution >= 4 is 11.9 Å². The predicted octanol–water partition coefficient (Wildman–Crippen LogP) is 2.87. The molecule has 24 heavy (non-hydrogen) atoms. The minimum atomic E-state index is -1.07. The molecule has 0 saturated carbocycles. The molecule has 0 fully saturated rings. The average Bonchev–Trinajstić information content (AvgIpc) is 2.54. The molecule has 0 radical (unpaired) electrons. The molecule has 0 aromatic heterocycles. The summed E-state index contributed by atoms with van der Waals surface area (Å²) >= 11 is 0. The number of halogens is 2. The molecule has 0 unspecified atom stereocenters. The standard InChI is InChI=1S/C18H17F2NO3/c1-12(17(22)21-8-7-13-5-3-2-4-6-13)24-18(23)14-9-15(19)11-16(20)10-14/h2-6,9-12H,7-8H2,1H3,(H,21,22)/t12-/m0/s1. The number of ether oxygens (including phenoxy) is 1. The summed E-state index contributed by atoms with van der Waals surface area (Å²) < 4.78 is 31.1. The highest BCUT2D eigenvalue weighted by atomic mass is 19.1. The number of hydrogen-bond acceptors (Lipinski definition) is 3. The van der Waals surface area contributed by atoms with Crippen molar-refractivity contribution in [2.75, 3.05) is 6.54 Å². The maximum atomic E-state index is 13.1. The van der Waals surface area contributed by atoms with Gasteiger partial charge in [-0.3, -0.25) is 4.79 Å². The Morgan fingerprint density at radius 1 is 1.08 bits per heavy atom. The Kier molecular flexibility index (Phi) is 6.01. The molecule has 2 aromatic rings. The zero-order chi connectivity index (χ0) is 17.5. The van der Waals surface area contributed by atoms with E-state index in [0.717, 1.165) is 17.7 Å². The topological polar surface area (TPSA) is 55.4 Å². The molecule has 0 aliphatic heterocycles. The van der Waals surface area contributed by atoms with Crippen LogP contribution >= 0.6 is 0 Å². The molecule has 1 amide bonds. The Hall–Kier alpha value is -2.76. The van der Waals surface area contributed by atoms with Crippen LogP contribution in [0.4, 0.5) is 8.78 Å². The largest absolute Gasteiger partial charge is 0.449 e. The third-order valence-electron chi connectivity index (χ3n) is 3.31. The molecular formula is C18H17F2NO3. The molecule has 0 saturated heterocycles. The highest BCUT2D eigenvalue weighted by Gasteiger charge is 2.19. The molecule has 1 N–H and O–H groups in total. The van der Waals surface area contributed by atoms with E-state index in [1.807, 2.05) is 30.3 Å². The van der Waals surface area contributed by atoms with E-state index in [-0.39, 0.29) is 5.56 Å². The van der Waals surface area contributed by atoms with Crippen LogP contribution in [0.15, 0.2) is 48.5 Å². The number of esters is 1. The molecule has 6 heteroatoms. The lowest BCUT2D eigenvalue weighted by Crippen LogP contribution is -2.36. The third-order valence-corrected chi connectivity index (χ3v) is 3.31. The Morgan fingerprint density at radius 2 is 1.71 bits per heavy atom. The van der Waals surface area contributed by atoms with E-state index >= 15 is 0 Å². The van der Waals surface area contributed by atoms with Gasteiger partial charge in [0, 0.05) is 12.6 Å². The van der Waals surface area contributed by atoms with Gasteiger partial charge in [-0.25, -0.2) is 13.6 Å². The number of nitrogens with one attached hydrogen (secondary N) is 1. The monoisotopic (exact) mass is 333 g/mol. The summed E-state index contributed by atoms with van der Waals surface area (Å²) in [6.07, 6.45) is -0.429. The Balaban J connectivity index is 1.83. The number of rotatable bonds is 6. The SMILES string of the molecule is C[C@H](OC(=O)c1cc(F)cc(F)c1)C(=O)NCCc1ccccc1. The lowest BCUT2D eigenvalue weighted by atomic mass is 10.1. The number of carbonyl (C=O) groups is 2. The number of carbonyl (C=O) groups excluding carboxylic acids is 2. The molecule has 126 valence electrons. The smallest absolute Gasteiger partial charge is 0.339 e. The van der Waals surface area contributed by atoms with Crippen LogP contribution in [0.3, 0.4) is 0 Å². The normalized spacial score (nSPS) is 11.6. The quantitative estimate of drug-likeness (QED) is 0.827. The first kappa shape index (κ1) is 17.6. The van der Waals surface area contributed by atoms with E-state index in [9.17, 15) is 18.4 Å². The zero-order valence-corrected chi connectivity index (χ0v) is 13.1. The van der Waals surface area contributed by atoms with Crippen LogP contribution < -0.4 is 5.32 Å². The average molecular weight is 333 g/mol. The minimum Gasteiger partial charge on any atom is -0.449 e. The highest BCUT2D eigenvalue weighted by molar-refractivity contribution is 5.92. The highest BCUT2D eigenvalue weighted by Crippen LogP contribution is 2.10. The summed E-state index contributed by atoms with van der Waals surface area (Å²) in [4.78, 5) is 23.7. The molecular weight excluding hydrogens is 316 g/mol. The second kappa shape index (κ2) is 8.19. The second-order valence-electron chi connectivity index (χ2n) is 5.23. The van der Waals surface area contributed by atoms with Gasteiger partial charge in [0.25, 0.3) is 5.91 Å². The van der Waals surface area contributed by atoms with E-state index in [1.54, 1.807) is 0 Å². The Labute approximate surface area is 138 Å². The summed E-state index contributed by atoms with van der Waals surface area (Å²) in [5, 5.41) is 2.65. The molecule has 1 atom stereocenters. The Bertz CT molecular complexity index is 699. The van der Waals surface area contributed by atoms with Crippen molar-refractivity contribution in [3.63, 3.8) is 0 Å². The molecule has 4 nitrogen and oxygen atoms in total. The second-order valence-corrected chi connectivity index (χ2v) is 5.23. The summed E-state index contributed by atoms with van der Waals surface area (Å²) in [5.74, 6) is -3.21. The van der Waals surface area contributed by atoms with Gasteiger partial charge in [-0.15, -0.1) is 0 Å². The van der Waals surface area contributed by atoms with Crippen molar-refractivity contribution < 1.29 is 23.1 Å². The molecule has 2 rings (SSSR count). The fraction of sp³-hybridized carbons (Fsp3) is 0.222.